The van der Waals surface area contributed by atoms with Gasteiger partial charge >= 0.3 is 0 Å². The number of anilines is 3. The number of hydrogen-bond donors (Lipinski definition) is 2. The van der Waals surface area contributed by atoms with Crippen LogP contribution in [0.25, 0.3) is 11.0 Å². The number of hydrogen-bond acceptors (Lipinski definition) is 6. The number of carbonyl (C=O) groups is 1. The minimum atomic E-state index is -0.273. The molecule has 1 atom stereocenters. The van der Waals surface area contributed by atoms with Gasteiger partial charge in [-0.25, -0.2) is 9.97 Å². The minimum absolute atomic E-state index is 0. The first-order valence-electron chi connectivity index (χ1n) is 10.6. The van der Waals surface area contributed by atoms with Crippen molar-refractivity contribution in [2.24, 2.45) is 0 Å². The molecular weight excluding hydrogens is 434 g/mol. The Balaban J connectivity index is 0.00000259. The SMILES string of the molecule is Cc1nc(NCc2ccc(Cn3cnc4ccccc43)cc2)nc2c1NC(=O)[C@H](C)N2C.S. The molecule has 5 rings (SSSR count). The number of nitrogens with zero attached hydrogens (tertiary/aromatic N) is 5. The number of amides is 1. The highest BCUT2D eigenvalue weighted by Gasteiger charge is 2.30. The Hall–Kier alpha value is -3.59. The van der Waals surface area contributed by atoms with Crippen molar-refractivity contribution >= 4 is 47.9 Å². The molecule has 8 nitrogen and oxygen atoms in total. The molecule has 3 heterocycles. The molecule has 1 aliphatic heterocycles. The van der Waals surface area contributed by atoms with Crippen LogP contribution in [0.15, 0.2) is 54.9 Å². The van der Waals surface area contributed by atoms with Gasteiger partial charge in [-0.3, -0.25) is 4.79 Å². The Morgan fingerprint density at radius 1 is 1.06 bits per heavy atom. The third-order valence-electron chi connectivity index (χ3n) is 5.97. The normalized spacial score (nSPS) is 15.1. The van der Waals surface area contributed by atoms with Crippen LogP contribution in [-0.4, -0.2) is 38.5 Å². The maximum Gasteiger partial charge on any atom is 0.246 e. The summed E-state index contributed by atoms with van der Waals surface area (Å²) in [7, 11) is 1.88. The first kappa shape index (κ1) is 22.6. The summed E-state index contributed by atoms with van der Waals surface area (Å²) in [6, 6.07) is 16.4. The van der Waals surface area contributed by atoms with E-state index in [9.17, 15) is 4.79 Å². The van der Waals surface area contributed by atoms with E-state index in [1.807, 2.05) is 50.3 Å². The second-order valence-electron chi connectivity index (χ2n) is 8.14. The van der Waals surface area contributed by atoms with E-state index < -0.39 is 0 Å². The number of rotatable bonds is 5. The molecule has 170 valence electrons. The van der Waals surface area contributed by atoms with Crippen LogP contribution < -0.4 is 15.5 Å². The van der Waals surface area contributed by atoms with Gasteiger partial charge in [0.2, 0.25) is 11.9 Å². The number of fused-ring (bicyclic) bond motifs is 2. The molecular formula is C24H27N7OS. The minimum Gasteiger partial charge on any atom is -0.350 e. The largest absolute Gasteiger partial charge is 0.350 e. The van der Waals surface area contributed by atoms with Gasteiger partial charge in [-0.05, 0) is 37.1 Å². The van der Waals surface area contributed by atoms with Crippen molar-refractivity contribution in [2.75, 3.05) is 22.6 Å². The van der Waals surface area contributed by atoms with Gasteiger partial charge in [0.05, 0.1) is 23.1 Å². The summed E-state index contributed by atoms with van der Waals surface area (Å²) >= 11 is 0. The summed E-state index contributed by atoms with van der Waals surface area (Å²) in [5.41, 5.74) is 5.91. The fourth-order valence-corrected chi connectivity index (χ4v) is 3.90. The highest BCUT2D eigenvalue weighted by molar-refractivity contribution is 7.59. The number of aromatic nitrogens is 4. The Bertz CT molecular complexity index is 1300. The Morgan fingerprint density at radius 2 is 1.79 bits per heavy atom. The molecule has 2 aromatic carbocycles. The highest BCUT2D eigenvalue weighted by atomic mass is 32.1. The molecule has 2 N–H and O–H groups in total. The van der Waals surface area contributed by atoms with Crippen LogP contribution in [0.3, 0.4) is 0 Å². The van der Waals surface area contributed by atoms with Crippen molar-refractivity contribution in [1.29, 1.82) is 0 Å². The predicted octanol–water partition coefficient (Wildman–Crippen LogP) is 3.68. The number of para-hydroxylation sites is 2. The van der Waals surface area contributed by atoms with E-state index in [-0.39, 0.29) is 25.4 Å². The van der Waals surface area contributed by atoms with Gasteiger partial charge in [0.1, 0.15) is 11.7 Å². The molecule has 2 aromatic heterocycles. The zero-order valence-electron chi connectivity index (χ0n) is 18.8. The average molecular weight is 462 g/mol. The van der Waals surface area contributed by atoms with Crippen LogP contribution in [0, 0.1) is 6.92 Å². The van der Waals surface area contributed by atoms with E-state index in [0.29, 0.717) is 18.2 Å². The molecule has 33 heavy (non-hydrogen) atoms. The fraction of sp³-hybridized carbons (Fsp3) is 0.250. The third-order valence-corrected chi connectivity index (χ3v) is 5.97. The lowest BCUT2D eigenvalue weighted by atomic mass is 10.1. The molecule has 1 aliphatic rings. The maximum absolute atomic E-state index is 12.1. The number of carbonyl (C=O) groups excluding carboxylic acids is 1. The number of nitrogens with one attached hydrogen (secondary N) is 2. The Morgan fingerprint density at radius 3 is 2.58 bits per heavy atom. The number of likely N-dealkylation sites (N-methyl/N-ethyl adjacent to an activating group) is 1. The zero-order chi connectivity index (χ0) is 22.2. The fourth-order valence-electron chi connectivity index (χ4n) is 3.90. The van der Waals surface area contributed by atoms with E-state index in [4.69, 9.17) is 0 Å². The lowest BCUT2D eigenvalue weighted by Crippen LogP contribution is -2.44. The van der Waals surface area contributed by atoms with Crippen molar-refractivity contribution in [3.63, 3.8) is 0 Å². The molecule has 0 radical (unpaired) electrons. The second kappa shape index (κ2) is 9.11. The maximum atomic E-state index is 12.1. The molecule has 4 aromatic rings. The molecule has 1 amide bonds. The molecule has 0 saturated heterocycles. The molecule has 0 spiro atoms. The van der Waals surface area contributed by atoms with Crippen LogP contribution in [0.4, 0.5) is 17.5 Å². The summed E-state index contributed by atoms with van der Waals surface area (Å²) in [5, 5.41) is 6.22. The molecule has 0 saturated carbocycles. The predicted molar refractivity (Wildman–Crippen MR) is 136 cm³/mol. The van der Waals surface area contributed by atoms with Gasteiger partial charge in [-0.2, -0.15) is 18.5 Å². The standard InChI is InChI=1S/C24H25N7O.H2S/c1-15-21-22(30(3)16(2)23(32)28-21)29-24(27-15)25-12-17-8-10-18(11-9-17)13-31-14-26-19-6-4-5-7-20(19)31;/h4-11,14,16H,12-13H2,1-3H3,(H,28,32)(H,25,27,29);1H2/t16-;/m0./s1. The van der Waals surface area contributed by atoms with Crippen LogP contribution in [0.2, 0.25) is 0 Å². The van der Waals surface area contributed by atoms with Crippen molar-refractivity contribution in [3.05, 3.63) is 71.7 Å². The van der Waals surface area contributed by atoms with Gasteiger partial charge in [0.25, 0.3) is 0 Å². The summed E-state index contributed by atoms with van der Waals surface area (Å²) in [6.07, 6.45) is 1.89. The Kier molecular flexibility index (Phi) is 6.24. The summed E-state index contributed by atoms with van der Waals surface area (Å²) in [4.78, 5) is 27.6. The van der Waals surface area contributed by atoms with Crippen molar-refractivity contribution in [3.8, 4) is 0 Å². The van der Waals surface area contributed by atoms with Gasteiger partial charge in [0, 0.05) is 20.1 Å². The van der Waals surface area contributed by atoms with E-state index in [1.54, 1.807) is 0 Å². The third kappa shape index (κ3) is 4.36. The molecule has 0 unspecified atom stereocenters. The van der Waals surface area contributed by atoms with Crippen LogP contribution in [0.5, 0.6) is 0 Å². The van der Waals surface area contributed by atoms with E-state index in [2.05, 4.69) is 60.5 Å². The summed E-state index contributed by atoms with van der Waals surface area (Å²) in [6.45, 7) is 5.12. The summed E-state index contributed by atoms with van der Waals surface area (Å²) in [5.74, 6) is 1.23. The molecule has 0 aliphatic carbocycles. The molecule has 0 fully saturated rings. The van der Waals surface area contributed by atoms with Gasteiger partial charge < -0.3 is 20.1 Å². The monoisotopic (exact) mass is 461 g/mol. The first-order valence-corrected chi connectivity index (χ1v) is 10.6. The van der Waals surface area contributed by atoms with E-state index in [1.165, 1.54) is 5.56 Å². The number of benzene rings is 2. The lowest BCUT2D eigenvalue weighted by molar-refractivity contribution is -0.117. The van der Waals surface area contributed by atoms with Crippen molar-refractivity contribution in [2.45, 2.75) is 33.0 Å². The highest BCUT2D eigenvalue weighted by Crippen LogP contribution is 2.32. The molecule has 0 bridgehead atoms. The average Bonchev–Trinajstić information content (AvgIpc) is 3.21. The topological polar surface area (TPSA) is 88.0 Å². The van der Waals surface area contributed by atoms with Crippen LogP contribution >= 0.6 is 13.5 Å². The van der Waals surface area contributed by atoms with E-state index >= 15 is 0 Å². The first-order chi connectivity index (χ1) is 15.5. The quantitative estimate of drug-likeness (QED) is 0.471. The van der Waals surface area contributed by atoms with Gasteiger partial charge in [0.15, 0.2) is 5.82 Å². The number of aryl methyl sites for hydroxylation is 1. The number of imidazole rings is 1. The van der Waals surface area contributed by atoms with Crippen molar-refractivity contribution in [1.82, 2.24) is 19.5 Å². The smallest absolute Gasteiger partial charge is 0.246 e. The van der Waals surface area contributed by atoms with Crippen LogP contribution in [0.1, 0.15) is 23.7 Å². The van der Waals surface area contributed by atoms with Crippen molar-refractivity contribution < 1.29 is 4.79 Å². The van der Waals surface area contributed by atoms with Crippen LogP contribution in [-0.2, 0) is 17.9 Å². The zero-order valence-corrected chi connectivity index (χ0v) is 19.8. The summed E-state index contributed by atoms with van der Waals surface area (Å²) < 4.78 is 2.16. The van der Waals surface area contributed by atoms with Gasteiger partial charge in [-0.15, -0.1) is 0 Å². The van der Waals surface area contributed by atoms with E-state index in [0.717, 1.165) is 34.7 Å². The lowest BCUT2D eigenvalue weighted by Gasteiger charge is -2.32. The Labute approximate surface area is 199 Å². The van der Waals surface area contributed by atoms with Gasteiger partial charge in [-0.1, -0.05) is 36.4 Å². The second-order valence-corrected chi connectivity index (χ2v) is 8.14. The molecule has 9 heteroatoms.